The minimum Gasteiger partial charge on any atom is -0.454 e. The number of allylic oxidation sites excluding steroid dienone is 1. The second-order valence-corrected chi connectivity index (χ2v) is 3.95. The summed E-state index contributed by atoms with van der Waals surface area (Å²) in [4.78, 5) is 2.25. The monoisotopic (exact) mass is 255 g/mol. The minimum atomic E-state index is 0. The van der Waals surface area contributed by atoms with Crippen LogP contribution in [0.3, 0.4) is 0 Å². The van der Waals surface area contributed by atoms with Gasteiger partial charge in [-0.05, 0) is 31.7 Å². The molecule has 2 rings (SSSR count). The lowest BCUT2D eigenvalue weighted by molar-refractivity contribution is 0.174. The van der Waals surface area contributed by atoms with Crippen LogP contribution >= 0.6 is 12.4 Å². The van der Waals surface area contributed by atoms with Gasteiger partial charge in [0.05, 0.1) is 0 Å². The van der Waals surface area contributed by atoms with Crippen molar-refractivity contribution >= 4 is 12.4 Å². The summed E-state index contributed by atoms with van der Waals surface area (Å²) in [6.45, 7) is 4.26. The zero-order valence-electron chi connectivity index (χ0n) is 10.2. The van der Waals surface area contributed by atoms with Crippen molar-refractivity contribution in [2.75, 3.05) is 20.4 Å². The van der Waals surface area contributed by atoms with E-state index < -0.39 is 0 Å². The quantitative estimate of drug-likeness (QED) is 0.773. The SMILES string of the molecule is C/C=C/CN(C)Cc1ccc2c(c1)OCO2.Cl. The van der Waals surface area contributed by atoms with Crippen molar-refractivity contribution in [1.29, 1.82) is 0 Å². The molecule has 1 heterocycles. The highest BCUT2D eigenvalue weighted by Crippen LogP contribution is 2.32. The van der Waals surface area contributed by atoms with Gasteiger partial charge in [0.25, 0.3) is 0 Å². The molecule has 1 aliphatic heterocycles. The molecule has 0 aliphatic carbocycles. The molecule has 0 saturated heterocycles. The Hall–Kier alpha value is -1.19. The van der Waals surface area contributed by atoms with Gasteiger partial charge in [-0.25, -0.2) is 0 Å². The first-order chi connectivity index (χ1) is 7.79. The van der Waals surface area contributed by atoms with Gasteiger partial charge in [-0.1, -0.05) is 18.2 Å². The molecule has 0 radical (unpaired) electrons. The molecule has 0 bridgehead atoms. The van der Waals surface area contributed by atoms with Crippen LogP contribution < -0.4 is 9.47 Å². The molecule has 0 aromatic heterocycles. The largest absolute Gasteiger partial charge is 0.454 e. The number of halogens is 1. The molecule has 0 N–H and O–H groups in total. The second kappa shape index (κ2) is 6.52. The highest BCUT2D eigenvalue weighted by Gasteiger charge is 2.13. The average molecular weight is 256 g/mol. The molecule has 0 saturated carbocycles. The first-order valence-corrected chi connectivity index (χ1v) is 5.48. The van der Waals surface area contributed by atoms with Crippen LogP contribution in [0.4, 0.5) is 0 Å². The van der Waals surface area contributed by atoms with Crippen molar-refractivity contribution in [3.8, 4) is 11.5 Å². The van der Waals surface area contributed by atoms with E-state index in [4.69, 9.17) is 9.47 Å². The Bertz CT molecular complexity index is 393. The van der Waals surface area contributed by atoms with Gasteiger partial charge < -0.3 is 9.47 Å². The van der Waals surface area contributed by atoms with Gasteiger partial charge in [0, 0.05) is 13.1 Å². The summed E-state index contributed by atoms with van der Waals surface area (Å²) >= 11 is 0. The third-order valence-electron chi connectivity index (χ3n) is 2.54. The molecular formula is C13H18ClNO2. The molecule has 1 aromatic rings. The van der Waals surface area contributed by atoms with Crippen LogP contribution in [0.1, 0.15) is 12.5 Å². The average Bonchev–Trinajstić information content (AvgIpc) is 2.73. The van der Waals surface area contributed by atoms with E-state index >= 15 is 0 Å². The van der Waals surface area contributed by atoms with E-state index in [9.17, 15) is 0 Å². The highest BCUT2D eigenvalue weighted by molar-refractivity contribution is 5.85. The molecule has 4 heteroatoms. The van der Waals surface area contributed by atoms with Gasteiger partial charge in [0.1, 0.15) is 0 Å². The molecule has 0 unspecified atom stereocenters. The molecule has 0 atom stereocenters. The van der Waals surface area contributed by atoms with Crippen LogP contribution in [0.15, 0.2) is 30.4 Å². The van der Waals surface area contributed by atoms with E-state index in [0.29, 0.717) is 6.79 Å². The third kappa shape index (κ3) is 3.65. The smallest absolute Gasteiger partial charge is 0.231 e. The lowest BCUT2D eigenvalue weighted by Crippen LogP contribution is -2.17. The number of fused-ring (bicyclic) bond motifs is 1. The number of benzene rings is 1. The highest BCUT2D eigenvalue weighted by atomic mass is 35.5. The van der Waals surface area contributed by atoms with E-state index in [2.05, 4.69) is 36.2 Å². The van der Waals surface area contributed by atoms with Crippen LogP contribution in [-0.4, -0.2) is 25.3 Å². The van der Waals surface area contributed by atoms with Crippen LogP contribution in [-0.2, 0) is 6.54 Å². The predicted octanol–water partition coefficient (Wildman–Crippen LogP) is 2.85. The van der Waals surface area contributed by atoms with E-state index in [1.165, 1.54) is 5.56 Å². The molecule has 1 aliphatic rings. The van der Waals surface area contributed by atoms with E-state index in [1.54, 1.807) is 0 Å². The van der Waals surface area contributed by atoms with Crippen molar-refractivity contribution in [3.63, 3.8) is 0 Å². The summed E-state index contributed by atoms with van der Waals surface area (Å²) < 4.78 is 10.6. The van der Waals surface area contributed by atoms with Gasteiger partial charge in [-0.2, -0.15) is 0 Å². The first-order valence-electron chi connectivity index (χ1n) is 5.48. The van der Waals surface area contributed by atoms with Crippen molar-refractivity contribution in [3.05, 3.63) is 35.9 Å². The molecular weight excluding hydrogens is 238 g/mol. The Morgan fingerprint density at radius 3 is 2.82 bits per heavy atom. The maximum atomic E-state index is 5.35. The van der Waals surface area contributed by atoms with Gasteiger partial charge >= 0.3 is 0 Å². The van der Waals surface area contributed by atoms with Crippen LogP contribution in [0.5, 0.6) is 11.5 Å². The molecule has 94 valence electrons. The van der Waals surface area contributed by atoms with Crippen molar-refractivity contribution < 1.29 is 9.47 Å². The summed E-state index contributed by atoms with van der Waals surface area (Å²) in [5.41, 5.74) is 1.25. The standard InChI is InChI=1S/C13H17NO2.ClH/c1-3-4-7-14(2)9-11-5-6-12-13(8-11)16-10-15-12;/h3-6,8H,7,9-10H2,1-2H3;1H/b4-3+;. The Balaban J connectivity index is 0.00000144. The summed E-state index contributed by atoms with van der Waals surface area (Å²) in [6.07, 6.45) is 4.21. The Kier molecular flexibility index (Phi) is 5.32. The Labute approximate surface area is 108 Å². The van der Waals surface area contributed by atoms with E-state index in [0.717, 1.165) is 24.6 Å². The van der Waals surface area contributed by atoms with Crippen LogP contribution in [0.25, 0.3) is 0 Å². The number of likely N-dealkylation sites (N-methyl/N-ethyl adjacent to an activating group) is 1. The van der Waals surface area contributed by atoms with E-state index in [1.807, 2.05) is 13.0 Å². The molecule has 17 heavy (non-hydrogen) atoms. The number of nitrogens with zero attached hydrogens (tertiary/aromatic N) is 1. The molecule has 3 nitrogen and oxygen atoms in total. The van der Waals surface area contributed by atoms with Gasteiger partial charge in [0.2, 0.25) is 6.79 Å². The van der Waals surface area contributed by atoms with Crippen LogP contribution in [0, 0.1) is 0 Å². The Morgan fingerprint density at radius 1 is 1.29 bits per heavy atom. The summed E-state index contributed by atoms with van der Waals surface area (Å²) in [7, 11) is 2.10. The predicted molar refractivity (Wildman–Crippen MR) is 71.0 cm³/mol. The second-order valence-electron chi connectivity index (χ2n) is 3.95. The normalized spacial score (nSPS) is 13.1. The maximum Gasteiger partial charge on any atom is 0.231 e. The first kappa shape index (κ1) is 13.9. The summed E-state index contributed by atoms with van der Waals surface area (Å²) in [6, 6.07) is 6.11. The van der Waals surface area contributed by atoms with Gasteiger partial charge in [-0.15, -0.1) is 12.4 Å². The van der Waals surface area contributed by atoms with Gasteiger partial charge in [-0.3, -0.25) is 4.90 Å². The minimum absolute atomic E-state index is 0. The zero-order valence-corrected chi connectivity index (χ0v) is 11.0. The maximum absolute atomic E-state index is 5.35. The molecule has 0 amide bonds. The zero-order chi connectivity index (χ0) is 11.4. The lowest BCUT2D eigenvalue weighted by Gasteiger charge is -2.14. The number of hydrogen-bond donors (Lipinski definition) is 0. The third-order valence-corrected chi connectivity index (χ3v) is 2.54. The van der Waals surface area contributed by atoms with Crippen molar-refractivity contribution in [2.45, 2.75) is 13.5 Å². The summed E-state index contributed by atoms with van der Waals surface area (Å²) in [5, 5.41) is 0. The molecule has 1 aromatic carbocycles. The lowest BCUT2D eigenvalue weighted by atomic mass is 10.2. The Morgan fingerprint density at radius 2 is 2.06 bits per heavy atom. The molecule has 0 fully saturated rings. The fourth-order valence-corrected chi connectivity index (χ4v) is 1.70. The van der Waals surface area contributed by atoms with Crippen molar-refractivity contribution in [2.24, 2.45) is 0 Å². The topological polar surface area (TPSA) is 21.7 Å². The number of hydrogen-bond acceptors (Lipinski definition) is 3. The van der Waals surface area contributed by atoms with Crippen LogP contribution in [0.2, 0.25) is 0 Å². The fraction of sp³-hybridized carbons (Fsp3) is 0.385. The van der Waals surface area contributed by atoms with E-state index in [-0.39, 0.29) is 12.4 Å². The fourth-order valence-electron chi connectivity index (χ4n) is 1.70. The molecule has 0 spiro atoms. The summed E-state index contributed by atoms with van der Waals surface area (Å²) in [5.74, 6) is 1.71. The number of rotatable bonds is 4. The van der Waals surface area contributed by atoms with Gasteiger partial charge in [0.15, 0.2) is 11.5 Å². The number of ether oxygens (including phenoxy) is 2. The van der Waals surface area contributed by atoms with Crippen molar-refractivity contribution in [1.82, 2.24) is 4.90 Å².